The molecular formula is C19H18N4O2. The van der Waals surface area contributed by atoms with Gasteiger partial charge in [0.2, 0.25) is 0 Å². The first-order valence-electron chi connectivity index (χ1n) is 7.79. The minimum absolute atomic E-state index is 0.286. The molecular weight excluding hydrogens is 316 g/mol. The summed E-state index contributed by atoms with van der Waals surface area (Å²) in [6.07, 6.45) is 5.19. The molecule has 2 heterocycles. The maximum Gasteiger partial charge on any atom is 0.319 e. The van der Waals surface area contributed by atoms with Crippen molar-refractivity contribution in [1.82, 2.24) is 15.3 Å². The number of nitrogens with zero attached hydrogens (tertiary/aromatic N) is 2. The molecule has 0 radical (unpaired) electrons. The Hall–Kier alpha value is -3.41. The van der Waals surface area contributed by atoms with Gasteiger partial charge in [-0.1, -0.05) is 6.07 Å². The number of nitrogens with one attached hydrogen (secondary N) is 2. The zero-order valence-corrected chi connectivity index (χ0v) is 13.8. The number of pyridine rings is 2. The summed E-state index contributed by atoms with van der Waals surface area (Å²) in [4.78, 5) is 20.6. The minimum atomic E-state index is -0.286. The summed E-state index contributed by atoms with van der Waals surface area (Å²) in [6.45, 7) is 0.361. The molecule has 25 heavy (non-hydrogen) atoms. The van der Waals surface area contributed by atoms with Crippen LogP contribution in [0.15, 0.2) is 67.1 Å². The molecule has 0 saturated heterocycles. The van der Waals surface area contributed by atoms with Crippen LogP contribution in [0.4, 0.5) is 10.5 Å². The van der Waals surface area contributed by atoms with Gasteiger partial charge in [-0.3, -0.25) is 9.97 Å². The maximum absolute atomic E-state index is 12.1. The lowest BCUT2D eigenvalue weighted by atomic mass is 10.1. The monoisotopic (exact) mass is 334 g/mol. The standard InChI is InChI=1S/C19H18N4O2/c1-25-17-8-6-16(7-9-17)23-19(24)22-13-15-5-3-11-21-18(15)14-4-2-10-20-12-14/h2-12H,13H2,1H3,(H2,22,23,24). The molecule has 3 rings (SSSR count). The summed E-state index contributed by atoms with van der Waals surface area (Å²) in [5.74, 6) is 0.738. The molecule has 0 bridgehead atoms. The molecule has 6 heteroatoms. The molecule has 2 aromatic heterocycles. The molecule has 0 aliphatic heterocycles. The minimum Gasteiger partial charge on any atom is -0.497 e. The Labute approximate surface area is 145 Å². The molecule has 2 N–H and O–H groups in total. The molecule has 0 fully saturated rings. The predicted octanol–water partition coefficient (Wildman–Crippen LogP) is 3.47. The summed E-state index contributed by atoms with van der Waals surface area (Å²) in [7, 11) is 1.60. The Morgan fingerprint density at radius 1 is 1.08 bits per heavy atom. The zero-order chi connectivity index (χ0) is 17.5. The maximum atomic E-state index is 12.1. The Kier molecular flexibility index (Phi) is 5.21. The third kappa shape index (κ3) is 4.32. The fourth-order valence-corrected chi connectivity index (χ4v) is 2.37. The van der Waals surface area contributed by atoms with Crippen LogP contribution in [0.3, 0.4) is 0 Å². The van der Waals surface area contributed by atoms with Crippen LogP contribution < -0.4 is 15.4 Å². The third-order valence-electron chi connectivity index (χ3n) is 3.61. The number of urea groups is 1. The molecule has 6 nitrogen and oxygen atoms in total. The summed E-state index contributed by atoms with van der Waals surface area (Å²) in [6, 6.07) is 14.4. The largest absolute Gasteiger partial charge is 0.497 e. The summed E-state index contributed by atoms with van der Waals surface area (Å²) >= 11 is 0. The van der Waals surface area contributed by atoms with Crippen LogP contribution in [0.2, 0.25) is 0 Å². The molecule has 1 aromatic carbocycles. The number of methoxy groups -OCH3 is 1. The van der Waals surface area contributed by atoms with Crippen molar-refractivity contribution in [2.45, 2.75) is 6.54 Å². The van der Waals surface area contributed by atoms with Gasteiger partial charge in [0.15, 0.2) is 0 Å². The average Bonchev–Trinajstić information content (AvgIpc) is 2.68. The lowest BCUT2D eigenvalue weighted by Gasteiger charge is -2.11. The number of benzene rings is 1. The van der Waals surface area contributed by atoms with Gasteiger partial charge in [0.25, 0.3) is 0 Å². The molecule has 0 atom stereocenters. The average molecular weight is 334 g/mol. The van der Waals surface area contributed by atoms with Crippen LogP contribution >= 0.6 is 0 Å². The number of ether oxygens (including phenoxy) is 1. The number of carbonyl (C=O) groups excluding carboxylic acids is 1. The number of amides is 2. The second-order valence-electron chi connectivity index (χ2n) is 5.29. The van der Waals surface area contributed by atoms with Crippen LogP contribution in [0.5, 0.6) is 5.75 Å². The Morgan fingerprint density at radius 3 is 2.60 bits per heavy atom. The first-order chi connectivity index (χ1) is 12.3. The van der Waals surface area contributed by atoms with Crippen molar-refractivity contribution in [1.29, 1.82) is 0 Å². The number of hydrogen-bond donors (Lipinski definition) is 2. The molecule has 126 valence electrons. The highest BCUT2D eigenvalue weighted by molar-refractivity contribution is 5.89. The van der Waals surface area contributed by atoms with E-state index in [0.717, 1.165) is 22.6 Å². The van der Waals surface area contributed by atoms with Gasteiger partial charge in [-0.25, -0.2) is 4.79 Å². The summed E-state index contributed by atoms with van der Waals surface area (Å²) in [5.41, 5.74) is 3.33. The molecule has 0 spiro atoms. The van der Waals surface area contributed by atoms with E-state index in [9.17, 15) is 4.79 Å². The second kappa shape index (κ2) is 7.92. The van der Waals surface area contributed by atoms with Crippen LogP contribution in [0.1, 0.15) is 5.56 Å². The highest BCUT2D eigenvalue weighted by atomic mass is 16.5. The molecule has 0 saturated carbocycles. The quantitative estimate of drug-likeness (QED) is 0.749. The van der Waals surface area contributed by atoms with Crippen LogP contribution in [0, 0.1) is 0 Å². The zero-order valence-electron chi connectivity index (χ0n) is 13.8. The van der Waals surface area contributed by atoms with E-state index >= 15 is 0 Å². The van der Waals surface area contributed by atoms with Gasteiger partial charge in [-0.05, 0) is 48.0 Å². The van der Waals surface area contributed by atoms with Gasteiger partial charge in [-0.2, -0.15) is 0 Å². The van der Waals surface area contributed by atoms with Crippen molar-refractivity contribution in [2.75, 3.05) is 12.4 Å². The molecule has 2 amide bonds. The number of carbonyl (C=O) groups is 1. The number of aromatic nitrogens is 2. The lowest BCUT2D eigenvalue weighted by molar-refractivity contribution is 0.251. The normalized spacial score (nSPS) is 10.1. The van der Waals surface area contributed by atoms with E-state index in [-0.39, 0.29) is 6.03 Å². The van der Waals surface area contributed by atoms with Gasteiger partial charge in [0, 0.05) is 36.4 Å². The highest BCUT2D eigenvalue weighted by Crippen LogP contribution is 2.20. The SMILES string of the molecule is COc1ccc(NC(=O)NCc2cccnc2-c2cccnc2)cc1. The van der Waals surface area contributed by atoms with E-state index in [1.165, 1.54) is 0 Å². The van der Waals surface area contributed by atoms with Gasteiger partial charge in [0.05, 0.1) is 12.8 Å². The fourth-order valence-electron chi connectivity index (χ4n) is 2.37. The molecule has 0 unspecified atom stereocenters. The fraction of sp³-hybridized carbons (Fsp3) is 0.105. The highest BCUT2D eigenvalue weighted by Gasteiger charge is 2.08. The van der Waals surface area contributed by atoms with Crippen molar-refractivity contribution < 1.29 is 9.53 Å². The van der Waals surface area contributed by atoms with E-state index in [1.54, 1.807) is 50.0 Å². The van der Waals surface area contributed by atoms with E-state index < -0.39 is 0 Å². The summed E-state index contributed by atoms with van der Waals surface area (Å²) < 4.78 is 5.09. The van der Waals surface area contributed by atoms with Gasteiger partial charge in [-0.15, -0.1) is 0 Å². The van der Waals surface area contributed by atoms with Gasteiger partial charge in [0.1, 0.15) is 5.75 Å². The third-order valence-corrected chi connectivity index (χ3v) is 3.61. The van der Waals surface area contributed by atoms with Crippen molar-refractivity contribution in [3.63, 3.8) is 0 Å². The van der Waals surface area contributed by atoms with Gasteiger partial charge < -0.3 is 15.4 Å². The smallest absolute Gasteiger partial charge is 0.319 e. The predicted molar refractivity (Wildman–Crippen MR) is 96.3 cm³/mol. The van der Waals surface area contributed by atoms with E-state index in [2.05, 4.69) is 20.6 Å². The number of hydrogen-bond acceptors (Lipinski definition) is 4. The van der Waals surface area contributed by atoms with Crippen molar-refractivity contribution in [3.8, 4) is 17.0 Å². The van der Waals surface area contributed by atoms with E-state index in [4.69, 9.17) is 4.74 Å². The first kappa shape index (κ1) is 16.4. The summed E-state index contributed by atoms with van der Waals surface area (Å²) in [5, 5.41) is 5.63. The number of rotatable bonds is 5. The Balaban J connectivity index is 1.64. The Bertz CT molecular complexity index is 836. The molecule has 0 aliphatic carbocycles. The topological polar surface area (TPSA) is 76.1 Å². The van der Waals surface area contributed by atoms with Crippen LogP contribution in [-0.2, 0) is 6.54 Å². The van der Waals surface area contributed by atoms with Crippen LogP contribution in [0.25, 0.3) is 11.3 Å². The van der Waals surface area contributed by atoms with Crippen molar-refractivity contribution >= 4 is 11.7 Å². The van der Waals surface area contributed by atoms with Crippen molar-refractivity contribution in [3.05, 3.63) is 72.7 Å². The van der Waals surface area contributed by atoms with Gasteiger partial charge >= 0.3 is 6.03 Å². The van der Waals surface area contributed by atoms with Crippen molar-refractivity contribution in [2.24, 2.45) is 0 Å². The second-order valence-corrected chi connectivity index (χ2v) is 5.29. The lowest BCUT2D eigenvalue weighted by Crippen LogP contribution is -2.28. The van der Waals surface area contributed by atoms with E-state index in [0.29, 0.717) is 12.2 Å². The first-order valence-corrected chi connectivity index (χ1v) is 7.79. The Morgan fingerprint density at radius 2 is 1.88 bits per heavy atom. The molecule has 0 aliphatic rings. The number of anilines is 1. The molecule has 3 aromatic rings. The van der Waals surface area contributed by atoms with E-state index in [1.807, 2.05) is 24.3 Å². The van der Waals surface area contributed by atoms with Crippen LogP contribution in [-0.4, -0.2) is 23.1 Å².